The van der Waals surface area contributed by atoms with Crippen molar-refractivity contribution in [2.75, 3.05) is 0 Å². The van der Waals surface area contributed by atoms with Gasteiger partial charge in [0.2, 0.25) is 5.75 Å². The van der Waals surface area contributed by atoms with Crippen molar-refractivity contribution < 1.29 is 15.1 Å². The molecular formula is C20H13NO4. The Hall–Kier alpha value is -3.60. The highest BCUT2D eigenvalue weighted by Crippen LogP contribution is 2.48. The zero-order valence-corrected chi connectivity index (χ0v) is 13.0. The molecule has 2 N–H and O–H groups in total. The van der Waals surface area contributed by atoms with E-state index in [2.05, 4.69) is 0 Å². The van der Waals surface area contributed by atoms with Crippen LogP contribution in [0.5, 0.6) is 11.5 Å². The van der Waals surface area contributed by atoms with Crippen molar-refractivity contribution in [1.29, 1.82) is 0 Å². The second-order valence-corrected chi connectivity index (χ2v) is 5.78. The van der Waals surface area contributed by atoms with Gasteiger partial charge in [0.25, 0.3) is 0 Å². The van der Waals surface area contributed by atoms with Crippen LogP contribution in [0.25, 0.3) is 32.7 Å². The Morgan fingerprint density at radius 3 is 2.04 bits per heavy atom. The molecule has 0 spiro atoms. The van der Waals surface area contributed by atoms with Gasteiger partial charge >= 0.3 is 5.69 Å². The Morgan fingerprint density at radius 2 is 1.36 bits per heavy atom. The molecular weight excluding hydrogens is 318 g/mol. The molecule has 0 aromatic heterocycles. The number of phenols is 2. The fourth-order valence-corrected chi connectivity index (χ4v) is 3.24. The summed E-state index contributed by atoms with van der Waals surface area (Å²) in [7, 11) is 0. The van der Waals surface area contributed by atoms with E-state index in [0.29, 0.717) is 21.7 Å². The first kappa shape index (κ1) is 15.0. The number of nitrogens with zero attached hydrogens (tertiary/aromatic N) is 1. The molecule has 0 bridgehead atoms. The maximum atomic E-state index is 11.4. The molecule has 4 rings (SSSR count). The van der Waals surface area contributed by atoms with E-state index in [0.717, 1.165) is 5.39 Å². The molecule has 25 heavy (non-hydrogen) atoms. The van der Waals surface area contributed by atoms with Gasteiger partial charge in [-0.25, -0.2) is 0 Å². The van der Waals surface area contributed by atoms with Gasteiger partial charge in [0, 0.05) is 17.2 Å². The second-order valence-electron chi connectivity index (χ2n) is 5.78. The molecule has 0 saturated heterocycles. The Labute approximate surface area is 142 Å². The lowest BCUT2D eigenvalue weighted by molar-refractivity contribution is -0.385. The van der Waals surface area contributed by atoms with Crippen LogP contribution in [0.1, 0.15) is 0 Å². The summed E-state index contributed by atoms with van der Waals surface area (Å²) in [4.78, 5) is 10.8. The van der Waals surface area contributed by atoms with E-state index in [1.807, 2.05) is 24.3 Å². The highest BCUT2D eigenvalue weighted by Gasteiger charge is 2.24. The van der Waals surface area contributed by atoms with Gasteiger partial charge in [-0.3, -0.25) is 10.1 Å². The van der Waals surface area contributed by atoms with Gasteiger partial charge in [-0.15, -0.1) is 0 Å². The monoisotopic (exact) mass is 331 g/mol. The van der Waals surface area contributed by atoms with Crippen molar-refractivity contribution >= 4 is 27.2 Å². The number of benzene rings is 4. The summed E-state index contributed by atoms with van der Waals surface area (Å²) in [5.74, 6) is -0.491. The summed E-state index contributed by atoms with van der Waals surface area (Å²) in [6.07, 6.45) is 0. The van der Waals surface area contributed by atoms with Crippen LogP contribution >= 0.6 is 0 Å². The van der Waals surface area contributed by atoms with Crippen LogP contribution < -0.4 is 0 Å². The smallest absolute Gasteiger partial charge is 0.312 e. The lowest BCUT2D eigenvalue weighted by Gasteiger charge is -2.14. The zero-order valence-electron chi connectivity index (χ0n) is 13.0. The van der Waals surface area contributed by atoms with E-state index >= 15 is 0 Å². The normalized spacial score (nSPS) is 11.0. The maximum absolute atomic E-state index is 11.4. The zero-order chi connectivity index (χ0) is 17.6. The molecule has 5 nitrogen and oxygen atoms in total. The van der Waals surface area contributed by atoms with E-state index < -0.39 is 10.7 Å². The summed E-state index contributed by atoms with van der Waals surface area (Å²) in [6.45, 7) is 0. The predicted octanol–water partition coefficient (Wildman–Crippen LogP) is 4.98. The molecule has 0 saturated carbocycles. The molecule has 0 aliphatic rings. The lowest BCUT2D eigenvalue weighted by Crippen LogP contribution is -1.93. The van der Waals surface area contributed by atoms with Gasteiger partial charge < -0.3 is 10.2 Å². The van der Waals surface area contributed by atoms with Gasteiger partial charge in [0.15, 0.2) is 0 Å². The average Bonchev–Trinajstić information content (AvgIpc) is 2.62. The van der Waals surface area contributed by atoms with Crippen LogP contribution in [0.4, 0.5) is 5.69 Å². The third-order valence-electron chi connectivity index (χ3n) is 4.36. The summed E-state index contributed by atoms with van der Waals surface area (Å²) >= 11 is 0. The maximum Gasteiger partial charge on any atom is 0.312 e. The first-order chi connectivity index (χ1) is 12.1. The quantitative estimate of drug-likeness (QED) is 0.401. The number of hydrogen-bond acceptors (Lipinski definition) is 4. The molecule has 0 aliphatic carbocycles. The predicted molar refractivity (Wildman–Crippen MR) is 96.9 cm³/mol. The molecule has 0 amide bonds. The van der Waals surface area contributed by atoms with E-state index in [9.17, 15) is 20.3 Å². The summed E-state index contributed by atoms with van der Waals surface area (Å²) < 4.78 is 0. The van der Waals surface area contributed by atoms with Crippen LogP contribution in [0.15, 0.2) is 66.7 Å². The molecule has 0 radical (unpaired) electrons. The van der Waals surface area contributed by atoms with E-state index in [1.165, 1.54) is 12.1 Å². The average molecular weight is 331 g/mol. The Balaban J connectivity index is 2.24. The Bertz CT molecular complexity index is 1150. The van der Waals surface area contributed by atoms with Gasteiger partial charge in [-0.2, -0.15) is 0 Å². The van der Waals surface area contributed by atoms with E-state index in [-0.39, 0.29) is 17.0 Å². The number of nitro benzene ring substituents is 1. The highest BCUT2D eigenvalue weighted by atomic mass is 16.6. The molecule has 5 heteroatoms. The van der Waals surface area contributed by atoms with Crippen molar-refractivity contribution in [2.45, 2.75) is 0 Å². The molecule has 0 atom stereocenters. The van der Waals surface area contributed by atoms with Gasteiger partial charge in [0.1, 0.15) is 5.75 Å². The van der Waals surface area contributed by atoms with E-state index in [1.54, 1.807) is 30.3 Å². The van der Waals surface area contributed by atoms with Crippen molar-refractivity contribution in [3.8, 4) is 22.6 Å². The summed E-state index contributed by atoms with van der Waals surface area (Å²) in [5.41, 5.74) is 0.260. The minimum Gasteiger partial charge on any atom is -0.507 e. The fourth-order valence-electron chi connectivity index (χ4n) is 3.24. The molecule has 122 valence electrons. The molecule has 4 aromatic rings. The van der Waals surface area contributed by atoms with Crippen LogP contribution in [0.2, 0.25) is 0 Å². The first-order valence-electron chi connectivity index (χ1n) is 7.68. The molecule has 0 heterocycles. The fraction of sp³-hybridized carbons (Fsp3) is 0. The Morgan fingerprint density at radius 1 is 0.760 bits per heavy atom. The summed E-state index contributed by atoms with van der Waals surface area (Å²) in [5, 5.41) is 35.4. The lowest BCUT2D eigenvalue weighted by atomic mass is 9.91. The SMILES string of the molecule is O=[N+]([O-])c1cc2ccccc2c(-c2c(O)ccc3ccccc23)c1O. The van der Waals surface area contributed by atoms with Crippen molar-refractivity contribution in [2.24, 2.45) is 0 Å². The van der Waals surface area contributed by atoms with Crippen LogP contribution in [-0.4, -0.2) is 15.1 Å². The van der Waals surface area contributed by atoms with Crippen LogP contribution in [0.3, 0.4) is 0 Å². The molecule has 4 aromatic carbocycles. The topological polar surface area (TPSA) is 83.6 Å². The van der Waals surface area contributed by atoms with Crippen molar-refractivity contribution in [1.82, 2.24) is 0 Å². The number of nitro groups is 1. The minimum atomic E-state index is -0.618. The van der Waals surface area contributed by atoms with Gasteiger partial charge in [0.05, 0.1) is 4.92 Å². The third-order valence-corrected chi connectivity index (χ3v) is 4.36. The van der Waals surface area contributed by atoms with Crippen molar-refractivity contribution in [3.63, 3.8) is 0 Å². The minimum absolute atomic E-state index is 0.0420. The number of aromatic hydroxyl groups is 2. The van der Waals surface area contributed by atoms with Crippen LogP contribution in [0, 0.1) is 10.1 Å². The van der Waals surface area contributed by atoms with E-state index in [4.69, 9.17) is 0 Å². The largest absolute Gasteiger partial charge is 0.507 e. The first-order valence-corrected chi connectivity index (χ1v) is 7.68. The molecule has 0 unspecified atom stereocenters. The standard InChI is InChI=1S/C20H13NO4/c22-17-10-9-12-5-1-3-7-14(12)18(17)19-15-8-4-2-6-13(15)11-16(20(19)23)21(24)25/h1-11,22-23H. The van der Waals surface area contributed by atoms with Crippen molar-refractivity contribution in [3.05, 3.63) is 76.8 Å². The molecule has 0 aliphatic heterocycles. The van der Waals surface area contributed by atoms with Crippen LogP contribution in [-0.2, 0) is 0 Å². The number of fused-ring (bicyclic) bond motifs is 2. The van der Waals surface area contributed by atoms with Gasteiger partial charge in [-0.05, 0) is 27.6 Å². The molecule has 0 fully saturated rings. The summed E-state index contributed by atoms with van der Waals surface area (Å²) in [6, 6.07) is 19.1. The number of phenolic OH excluding ortho intramolecular Hbond substituents is 2. The number of rotatable bonds is 2. The van der Waals surface area contributed by atoms with Gasteiger partial charge in [-0.1, -0.05) is 54.6 Å². The number of hydrogen-bond donors (Lipinski definition) is 2. The Kier molecular flexibility index (Phi) is 3.28. The third kappa shape index (κ3) is 2.25. The highest BCUT2D eigenvalue weighted by molar-refractivity contribution is 6.10. The second kappa shape index (κ2) is 5.49.